The third-order valence-corrected chi connectivity index (χ3v) is 3.55. The molecule has 0 unspecified atom stereocenters. The molecule has 24 heavy (non-hydrogen) atoms. The second kappa shape index (κ2) is 10.2. The van der Waals surface area contributed by atoms with Gasteiger partial charge >= 0.3 is 0 Å². The van der Waals surface area contributed by atoms with E-state index in [0.717, 1.165) is 16.9 Å². The van der Waals surface area contributed by atoms with Crippen molar-refractivity contribution in [3.63, 3.8) is 0 Å². The summed E-state index contributed by atoms with van der Waals surface area (Å²) in [5.41, 5.74) is 7.40. The molecule has 0 aliphatic rings. The quantitative estimate of drug-likeness (QED) is 0.787. The van der Waals surface area contributed by atoms with E-state index in [4.69, 9.17) is 22.1 Å². The number of rotatable bonds is 7. The molecular weight excluding hydrogens is 347 g/mol. The van der Waals surface area contributed by atoms with Crippen LogP contribution in [-0.2, 0) is 17.8 Å². The molecule has 0 spiro atoms. The molecule has 2 aromatic rings. The fourth-order valence-corrected chi connectivity index (χ4v) is 2.32. The molecule has 6 heteroatoms. The van der Waals surface area contributed by atoms with Crippen molar-refractivity contribution >= 4 is 29.9 Å². The summed E-state index contributed by atoms with van der Waals surface area (Å²) >= 11 is 5.95. The summed E-state index contributed by atoms with van der Waals surface area (Å²) in [7, 11) is 0. The van der Waals surface area contributed by atoms with E-state index in [-0.39, 0.29) is 24.4 Å². The number of halogens is 2. The highest BCUT2D eigenvalue weighted by molar-refractivity contribution is 6.30. The monoisotopic (exact) mass is 368 g/mol. The predicted octanol–water partition coefficient (Wildman–Crippen LogP) is 3.35. The Balaban J connectivity index is 0.00000288. The zero-order valence-corrected chi connectivity index (χ0v) is 15.1. The van der Waals surface area contributed by atoms with Crippen LogP contribution in [0.15, 0.2) is 48.5 Å². The lowest BCUT2D eigenvalue weighted by atomic mass is 10.1. The molecule has 0 aliphatic heterocycles. The minimum Gasteiger partial charge on any atom is -0.489 e. The van der Waals surface area contributed by atoms with Gasteiger partial charge in [0, 0.05) is 17.6 Å². The molecule has 1 amide bonds. The lowest BCUT2D eigenvalue weighted by molar-refractivity contribution is -0.120. The zero-order valence-electron chi connectivity index (χ0n) is 13.5. The molecule has 1 atom stereocenters. The molecule has 0 aromatic heterocycles. The Labute approximate surface area is 153 Å². The van der Waals surface area contributed by atoms with E-state index in [1.54, 1.807) is 0 Å². The Hall–Kier alpha value is -1.75. The first-order valence-corrected chi connectivity index (χ1v) is 7.90. The number of nitrogens with one attached hydrogen (secondary N) is 1. The Morgan fingerprint density at radius 1 is 1.21 bits per heavy atom. The van der Waals surface area contributed by atoms with E-state index >= 15 is 0 Å². The standard InChI is InChI=1S/C18H21ClN2O2.ClH/c1-13(11-20)21-18(22)10-14-4-3-7-17(9-14)23-12-15-5-2-6-16(19)8-15;/h2-9,13H,10-12,20H2,1H3,(H,21,22);1H/t13-;/m0./s1. The number of hydrogen-bond donors (Lipinski definition) is 2. The van der Waals surface area contributed by atoms with Crippen molar-refractivity contribution in [3.05, 3.63) is 64.7 Å². The van der Waals surface area contributed by atoms with Crippen LogP contribution in [0.5, 0.6) is 5.75 Å². The van der Waals surface area contributed by atoms with Crippen molar-refractivity contribution in [2.75, 3.05) is 6.54 Å². The highest BCUT2D eigenvalue weighted by atomic mass is 35.5. The van der Waals surface area contributed by atoms with Gasteiger partial charge < -0.3 is 15.8 Å². The summed E-state index contributed by atoms with van der Waals surface area (Å²) < 4.78 is 5.76. The third kappa shape index (κ3) is 6.79. The van der Waals surface area contributed by atoms with Gasteiger partial charge in [-0.3, -0.25) is 4.79 Å². The normalized spacial score (nSPS) is 11.3. The molecule has 0 radical (unpaired) electrons. The van der Waals surface area contributed by atoms with Crippen molar-refractivity contribution in [3.8, 4) is 5.75 Å². The van der Waals surface area contributed by atoms with Gasteiger partial charge in [-0.15, -0.1) is 12.4 Å². The molecule has 130 valence electrons. The molecule has 3 N–H and O–H groups in total. The summed E-state index contributed by atoms with van der Waals surface area (Å²) in [6.45, 7) is 2.73. The molecule has 4 nitrogen and oxygen atoms in total. The summed E-state index contributed by atoms with van der Waals surface area (Å²) in [6.07, 6.45) is 0.304. The number of ether oxygens (including phenoxy) is 1. The van der Waals surface area contributed by atoms with Crippen LogP contribution < -0.4 is 15.8 Å². The van der Waals surface area contributed by atoms with Gasteiger partial charge in [0.2, 0.25) is 5.91 Å². The molecule has 0 aliphatic carbocycles. The van der Waals surface area contributed by atoms with Gasteiger partial charge in [-0.2, -0.15) is 0 Å². The van der Waals surface area contributed by atoms with Crippen LogP contribution in [0.2, 0.25) is 5.02 Å². The molecule has 0 saturated heterocycles. The van der Waals surface area contributed by atoms with E-state index in [1.165, 1.54) is 0 Å². The van der Waals surface area contributed by atoms with Crippen LogP contribution in [0.25, 0.3) is 0 Å². The minimum atomic E-state index is -0.0464. The Kier molecular flexibility index (Phi) is 8.61. The van der Waals surface area contributed by atoms with Crippen molar-refractivity contribution in [2.45, 2.75) is 26.0 Å². The van der Waals surface area contributed by atoms with Crippen LogP contribution in [0.1, 0.15) is 18.1 Å². The largest absolute Gasteiger partial charge is 0.489 e. The van der Waals surface area contributed by atoms with Crippen molar-refractivity contribution in [2.24, 2.45) is 5.73 Å². The molecule has 0 bridgehead atoms. The molecule has 0 saturated carbocycles. The van der Waals surface area contributed by atoms with Gasteiger partial charge in [0.25, 0.3) is 0 Å². The highest BCUT2D eigenvalue weighted by Gasteiger charge is 2.07. The SMILES string of the molecule is C[C@@H](CN)NC(=O)Cc1cccc(OCc2cccc(Cl)c2)c1.Cl. The van der Waals surface area contributed by atoms with Crippen molar-refractivity contribution in [1.29, 1.82) is 0 Å². The number of hydrogen-bond acceptors (Lipinski definition) is 3. The fourth-order valence-electron chi connectivity index (χ4n) is 2.11. The van der Waals surface area contributed by atoms with E-state index < -0.39 is 0 Å². The van der Waals surface area contributed by atoms with Gasteiger partial charge in [0.15, 0.2) is 0 Å². The maximum atomic E-state index is 11.9. The van der Waals surface area contributed by atoms with Crippen LogP contribution in [-0.4, -0.2) is 18.5 Å². The predicted molar refractivity (Wildman–Crippen MR) is 99.8 cm³/mol. The Bertz CT molecular complexity index is 665. The Morgan fingerprint density at radius 3 is 2.62 bits per heavy atom. The second-order valence-corrected chi connectivity index (χ2v) is 5.88. The lowest BCUT2D eigenvalue weighted by Gasteiger charge is -2.12. The van der Waals surface area contributed by atoms with Gasteiger partial charge in [0.1, 0.15) is 12.4 Å². The van der Waals surface area contributed by atoms with E-state index in [2.05, 4.69) is 5.32 Å². The topological polar surface area (TPSA) is 64.3 Å². The van der Waals surface area contributed by atoms with E-state index in [9.17, 15) is 4.79 Å². The van der Waals surface area contributed by atoms with Gasteiger partial charge in [0.05, 0.1) is 6.42 Å². The van der Waals surface area contributed by atoms with Crippen LogP contribution >= 0.6 is 24.0 Å². The molecule has 2 rings (SSSR count). The highest BCUT2D eigenvalue weighted by Crippen LogP contribution is 2.17. The van der Waals surface area contributed by atoms with Gasteiger partial charge in [-0.25, -0.2) is 0 Å². The Morgan fingerprint density at radius 2 is 1.92 bits per heavy atom. The molecule has 0 heterocycles. The summed E-state index contributed by atoms with van der Waals surface area (Å²) in [6, 6.07) is 15.0. The van der Waals surface area contributed by atoms with Crippen molar-refractivity contribution in [1.82, 2.24) is 5.32 Å². The number of benzene rings is 2. The average Bonchev–Trinajstić information content (AvgIpc) is 2.53. The minimum absolute atomic E-state index is 0. The van der Waals surface area contributed by atoms with Crippen LogP contribution in [0.3, 0.4) is 0 Å². The van der Waals surface area contributed by atoms with Crippen LogP contribution in [0.4, 0.5) is 0 Å². The number of amides is 1. The average molecular weight is 369 g/mol. The maximum absolute atomic E-state index is 11.9. The van der Waals surface area contributed by atoms with E-state index in [1.807, 2.05) is 55.5 Å². The summed E-state index contributed by atoms with van der Waals surface area (Å²) in [5.74, 6) is 0.678. The molecule has 0 fully saturated rings. The lowest BCUT2D eigenvalue weighted by Crippen LogP contribution is -2.38. The fraction of sp³-hybridized carbons (Fsp3) is 0.278. The second-order valence-electron chi connectivity index (χ2n) is 5.45. The zero-order chi connectivity index (χ0) is 16.7. The van der Waals surface area contributed by atoms with Crippen molar-refractivity contribution < 1.29 is 9.53 Å². The first kappa shape index (κ1) is 20.3. The summed E-state index contributed by atoms with van der Waals surface area (Å²) in [4.78, 5) is 11.9. The first-order chi connectivity index (χ1) is 11.1. The smallest absolute Gasteiger partial charge is 0.224 e. The van der Waals surface area contributed by atoms with Crippen LogP contribution in [0, 0.1) is 0 Å². The number of nitrogens with two attached hydrogens (primary N) is 1. The molecular formula is C18H22Cl2N2O2. The summed E-state index contributed by atoms with van der Waals surface area (Å²) in [5, 5.41) is 3.53. The van der Waals surface area contributed by atoms with E-state index in [0.29, 0.717) is 24.6 Å². The number of carbonyl (C=O) groups is 1. The van der Waals surface area contributed by atoms with Gasteiger partial charge in [-0.1, -0.05) is 35.9 Å². The molecule has 2 aromatic carbocycles. The third-order valence-electron chi connectivity index (χ3n) is 3.32. The van der Waals surface area contributed by atoms with Gasteiger partial charge in [-0.05, 0) is 42.3 Å². The number of carbonyl (C=O) groups excluding carboxylic acids is 1. The maximum Gasteiger partial charge on any atom is 0.224 e. The first-order valence-electron chi connectivity index (χ1n) is 7.52.